The van der Waals surface area contributed by atoms with Crippen LogP contribution in [0.4, 0.5) is 0 Å². The van der Waals surface area contributed by atoms with Crippen molar-refractivity contribution in [3.8, 4) is 0 Å². The van der Waals surface area contributed by atoms with E-state index in [1.165, 1.54) is 12.8 Å². The van der Waals surface area contributed by atoms with E-state index in [0.29, 0.717) is 17.5 Å². The maximum absolute atomic E-state index is 12.7. The molecule has 1 saturated heterocycles. The molecule has 1 saturated carbocycles. The first kappa shape index (κ1) is 19.2. The lowest BCUT2D eigenvalue weighted by atomic mass is 9.81. The monoisotopic (exact) mass is 376 g/mol. The molecule has 0 radical (unpaired) electrons. The molecule has 2 amide bonds. The van der Waals surface area contributed by atoms with Crippen molar-refractivity contribution in [2.75, 3.05) is 13.1 Å². The summed E-state index contributed by atoms with van der Waals surface area (Å²) in [4.78, 5) is 27.3. The average Bonchev–Trinajstić information content (AvgIpc) is 2.96. The van der Waals surface area contributed by atoms with Crippen LogP contribution in [0.25, 0.3) is 0 Å². The first-order valence-electron chi connectivity index (χ1n) is 9.95. The number of hydrogen-bond acceptors (Lipinski definition) is 2. The number of hydrogen-bond donors (Lipinski definition) is 1. The Morgan fingerprint density at radius 2 is 1.58 bits per heavy atom. The zero-order valence-corrected chi connectivity index (χ0v) is 16.1. The summed E-state index contributed by atoms with van der Waals surface area (Å²) in [5.41, 5.74) is 0.938. The topological polar surface area (TPSA) is 49.4 Å². The number of nitrogens with one attached hydrogen (secondary N) is 1. The lowest BCUT2D eigenvalue weighted by Crippen LogP contribution is -2.40. The van der Waals surface area contributed by atoms with Gasteiger partial charge in [0.1, 0.15) is 0 Å². The average molecular weight is 377 g/mol. The lowest BCUT2D eigenvalue weighted by Gasteiger charge is -2.31. The second kappa shape index (κ2) is 9.40. The van der Waals surface area contributed by atoms with Gasteiger partial charge in [0.15, 0.2) is 0 Å². The van der Waals surface area contributed by atoms with E-state index in [0.717, 1.165) is 57.2 Å². The molecule has 4 nitrogen and oxygen atoms in total. The van der Waals surface area contributed by atoms with E-state index >= 15 is 0 Å². The highest BCUT2D eigenvalue weighted by Crippen LogP contribution is 2.31. The van der Waals surface area contributed by atoms with Crippen molar-refractivity contribution in [2.45, 2.75) is 57.9 Å². The smallest absolute Gasteiger partial charge is 0.225 e. The fourth-order valence-electron chi connectivity index (χ4n) is 4.12. The van der Waals surface area contributed by atoms with Gasteiger partial charge in [0.05, 0.1) is 0 Å². The van der Waals surface area contributed by atoms with Gasteiger partial charge in [0.25, 0.3) is 0 Å². The van der Waals surface area contributed by atoms with Gasteiger partial charge in [-0.1, -0.05) is 42.6 Å². The van der Waals surface area contributed by atoms with E-state index in [9.17, 15) is 9.59 Å². The van der Waals surface area contributed by atoms with Gasteiger partial charge in [-0.15, -0.1) is 0 Å². The molecule has 0 unspecified atom stereocenters. The van der Waals surface area contributed by atoms with E-state index in [1.54, 1.807) is 0 Å². The minimum atomic E-state index is 0.0191. The molecular weight excluding hydrogens is 348 g/mol. The summed E-state index contributed by atoms with van der Waals surface area (Å²) in [6, 6.07) is 7.57. The maximum Gasteiger partial charge on any atom is 0.225 e. The Balaban J connectivity index is 1.44. The fourth-order valence-corrected chi connectivity index (χ4v) is 4.32. The molecule has 3 rings (SSSR count). The molecule has 0 atom stereocenters. The minimum Gasteiger partial charge on any atom is -0.352 e. The Morgan fingerprint density at radius 3 is 2.23 bits per heavy atom. The summed E-state index contributed by atoms with van der Waals surface area (Å²) in [7, 11) is 0. The molecule has 1 N–H and O–H groups in total. The van der Waals surface area contributed by atoms with Gasteiger partial charge in [-0.25, -0.2) is 0 Å². The molecule has 1 heterocycles. The van der Waals surface area contributed by atoms with Gasteiger partial charge >= 0.3 is 0 Å². The van der Waals surface area contributed by atoms with Crippen LogP contribution in [0.3, 0.4) is 0 Å². The molecule has 1 aromatic carbocycles. The normalized spacial score (nSPS) is 24.0. The molecule has 1 aromatic rings. The number of amides is 2. The number of benzene rings is 1. The second-order valence-electron chi connectivity index (χ2n) is 7.60. The van der Waals surface area contributed by atoms with Crippen molar-refractivity contribution in [1.29, 1.82) is 0 Å². The van der Waals surface area contributed by atoms with Gasteiger partial charge < -0.3 is 10.2 Å². The number of halogens is 1. The summed E-state index contributed by atoms with van der Waals surface area (Å²) in [5.74, 6) is 0.541. The Morgan fingerprint density at radius 1 is 0.962 bits per heavy atom. The summed E-state index contributed by atoms with van der Waals surface area (Å²) in [6.45, 7) is 2.29. The van der Waals surface area contributed by atoms with Gasteiger partial charge in [0, 0.05) is 36.5 Å². The number of nitrogens with zero attached hydrogens (tertiary/aromatic N) is 1. The van der Waals surface area contributed by atoms with Crippen LogP contribution in [0.1, 0.15) is 56.9 Å². The summed E-state index contributed by atoms with van der Waals surface area (Å²) < 4.78 is 0. The Hall–Kier alpha value is -1.55. The Kier molecular flexibility index (Phi) is 6.95. The van der Waals surface area contributed by atoms with E-state index in [2.05, 4.69) is 10.2 Å². The molecule has 2 aliphatic rings. The highest BCUT2D eigenvalue weighted by atomic mass is 35.5. The third-order valence-corrected chi connectivity index (χ3v) is 6.14. The van der Waals surface area contributed by atoms with Crippen LogP contribution in [0, 0.1) is 11.8 Å². The highest BCUT2D eigenvalue weighted by molar-refractivity contribution is 6.31. The van der Waals surface area contributed by atoms with Crippen LogP contribution in [0.5, 0.6) is 0 Å². The van der Waals surface area contributed by atoms with Crippen LogP contribution >= 0.6 is 11.6 Å². The summed E-state index contributed by atoms with van der Waals surface area (Å²) in [6.07, 6.45) is 8.01. The van der Waals surface area contributed by atoms with Crippen LogP contribution in [0.2, 0.25) is 5.02 Å². The zero-order chi connectivity index (χ0) is 18.4. The fraction of sp³-hybridized carbons (Fsp3) is 0.619. The van der Waals surface area contributed by atoms with E-state index in [-0.39, 0.29) is 17.7 Å². The molecule has 1 aliphatic heterocycles. The number of carbonyl (C=O) groups excluding carboxylic acids is 2. The van der Waals surface area contributed by atoms with Crippen LogP contribution in [-0.2, 0) is 16.1 Å². The van der Waals surface area contributed by atoms with Crippen LogP contribution in [-0.4, -0.2) is 29.8 Å². The van der Waals surface area contributed by atoms with Crippen LogP contribution < -0.4 is 5.32 Å². The zero-order valence-electron chi connectivity index (χ0n) is 15.4. The second-order valence-corrected chi connectivity index (χ2v) is 8.00. The molecule has 0 spiro atoms. The molecule has 1 aliphatic carbocycles. The SMILES string of the molecule is O=C(NCc1ccccc1Cl)C1CCC(C(=O)N2CCCCCC2)CC1. The standard InChI is InChI=1S/C21H29ClN2O2/c22-19-8-4-3-7-18(19)15-23-20(25)16-9-11-17(12-10-16)21(26)24-13-5-1-2-6-14-24/h3-4,7-8,16-17H,1-2,5-6,9-15H2,(H,23,25). The molecule has 26 heavy (non-hydrogen) atoms. The van der Waals surface area contributed by atoms with Crippen LogP contribution in [0.15, 0.2) is 24.3 Å². The molecule has 5 heteroatoms. The van der Waals surface area contributed by atoms with Crippen molar-refractivity contribution in [3.05, 3.63) is 34.9 Å². The maximum atomic E-state index is 12.7. The molecule has 142 valence electrons. The van der Waals surface area contributed by atoms with Gasteiger partial charge in [-0.2, -0.15) is 0 Å². The van der Waals surface area contributed by atoms with E-state index < -0.39 is 0 Å². The van der Waals surface area contributed by atoms with Crippen molar-refractivity contribution in [3.63, 3.8) is 0 Å². The Labute approximate surface area is 161 Å². The lowest BCUT2D eigenvalue weighted by molar-refractivity contribution is -0.138. The molecule has 2 fully saturated rings. The number of carbonyl (C=O) groups is 2. The molecule has 0 bridgehead atoms. The first-order valence-corrected chi connectivity index (χ1v) is 10.3. The Bertz CT molecular complexity index is 618. The van der Waals surface area contributed by atoms with Crippen molar-refractivity contribution >= 4 is 23.4 Å². The summed E-state index contributed by atoms with van der Waals surface area (Å²) in [5, 5.41) is 3.69. The van der Waals surface area contributed by atoms with Gasteiger partial charge in [-0.3, -0.25) is 9.59 Å². The molecule has 0 aromatic heterocycles. The van der Waals surface area contributed by atoms with E-state index in [4.69, 9.17) is 11.6 Å². The third kappa shape index (κ3) is 5.00. The highest BCUT2D eigenvalue weighted by Gasteiger charge is 2.32. The minimum absolute atomic E-state index is 0.0191. The van der Waals surface area contributed by atoms with Gasteiger partial charge in [0.2, 0.25) is 11.8 Å². The van der Waals surface area contributed by atoms with Crippen molar-refractivity contribution < 1.29 is 9.59 Å². The quantitative estimate of drug-likeness (QED) is 0.857. The third-order valence-electron chi connectivity index (χ3n) is 5.78. The predicted octanol–water partition coefficient (Wildman–Crippen LogP) is 4.17. The number of rotatable bonds is 4. The molecular formula is C21H29ClN2O2. The van der Waals surface area contributed by atoms with E-state index in [1.807, 2.05) is 24.3 Å². The first-order chi connectivity index (χ1) is 12.6. The largest absolute Gasteiger partial charge is 0.352 e. The van der Waals surface area contributed by atoms with Gasteiger partial charge in [-0.05, 0) is 50.2 Å². The number of likely N-dealkylation sites (tertiary alicyclic amines) is 1. The summed E-state index contributed by atoms with van der Waals surface area (Å²) >= 11 is 6.14. The van der Waals surface area contributed by atoms with Crippen molar-refractivity contribution in [1.82, 2.24) is 10.2 Å². The predicted molar refractivity (Wildman–Crippen MR) is 104 cm³/mol. The van der Waals surface area contributed by atoms with Crippen molar-refractivity contribution in [2.24, 2.45) is 11.8 Å².